The number of carbonyl (C=O) groups is 2. The van der Waals surface area contributed by atoms with E-state index in [1.807, 2.05) is 24.4 Å². The van der Waals surface area contributed by atoms with Gasteiger partial charge in [-0.15, -0.1) is 11.3 Å². The van der Waals surface area contributed by atoms with Crippen LogP contribution in [0.2, 0.25) is 0 Å². The third-order valence-corrected chi connectivity index (χ3v) is 4.76. The van der Waals surface area contributed by atoms with E-state index in [-0.39, 0.29) is 23.9 Å². The van der Waals surface area contributed by atoms with Crippen LogP contribution in [0.25, 0.3) is 0 Å². The lowest BCUT2D eigenvalue weighted by molar-refractivity contribution is -0.127. The number of amides is 3. The number of piperidine rings is 1. The molecule has 6 nitrogen and oxygen atoms in total. The van der Waals surface area contributed by atoms with Crippen molar-refractivity contribution in [3.05, 3.63) is 22.4 Å². The molecule has 0 saturated carbocycles. The molecule has 23 heavy (non-hydrogen) atoms. The van der Waals surface area contributed by atoms with Crippen LogP contribution in [0.5, 0.6) is 0 Å². The van der Waals surface area contributed by atoms with E-state index in [0.717, 1.165) is 17.7 Å². The van der Waals surface area contributed by atoms with Gasteiger partial charge in [0.25, 0.3) is 0 Å². The average molecular weight is 339 g/mol. The van der Waals surface area contributed by atoms with Gasteiger partial charge in [0.2, 0.25) is 5.91 Å². The van der Waals surface area contributed by atoms with Gasteiger partial charge in [-0.25, -0.2) is 4.79 Å². The number of hydrogen-bond acceptors (Lipinski definition) is 4. The maximum absolute atomic E-state index is 12.3. The lowest BCUT2D eigenvalue weighted by Gasteiger charge is -2.32. The zero-order valence-corrected chi connectivity index (χ0v) is 14.5. The Morgan fingerprint density at radius 3 is 3.04 bits per heavy atom. The predicted octanol–water partition coefficient (Wildman–Crippen LogP) is 1.82. The molecule has 1 aromatic heterocycles. The SMILES string of the molecule is COCC(C)NC(=O)C1CCCN(C(=O)NCc2cccs2)C1. The minimum Gasteiger partial charge on any atom is -0.383 e. The fourth-order valence-electron chi connectivity index (χ4n) is 2.72. The van der Waals surface area contributed by atoms with Gasteiger partial charge in [-0.05, 0) is 31.2 Å². The summed E-state index contributed by atoms with van der Waals surface area (Å²) in [7, 11) is 1.61. The van der Waals surface area contributed by atoms with Gasteiger partial charge in [0.1, 0.15) is 0 Å². The maximum atomic E-state index is 12.3. The molecular weight excluding hydrogens is 314 g/mol. The molecule has 1 fully saturated rings. The largest absolute Gasteiger partial charge is 0.383 e. The van der Waals surface area contributed by atoms with Gasteiger partial charge in [0, 0.05) is 31.1 Å². The molecule has 1 aliphatic heterocycles. The van der Waals surface area contributed by atoms with Crippen molar-refractivity contribution in [1.29, 1.82) is 0 Å². The molecule has 2 heterocycles. The summed E-state index contributed by atoms with van der Waals surface area (Å²) in [5.74, 6) is -0.138. The van der Waals surface area contributed by atoms with Crippen LogP contribution >= 0.6 is 11.3 Å². The van der Waals surface area contributed by atoms with Crippen LogP contribution in [-0.2, 0) is 16.1 Å². The van der Waals surface area contributed by atoms with Crippen molar-refractivity contribution < 1.29 is 14.3 Å². The Morgan fingerprint density at radius 2 is 2.35 bits per heavy atom. The first-order valence-corrected chi connectivity index (χ1v) is 8.82. The fraction of sp³-hybridized carbons (Fsp3) is 0.625. The smallest absolute Gasteiger partial charge is 0.317 e. The monoisotopic (exact) mass is 339 g/mol. The molecule has 0 radical (unpaired) electrons. The van der Waals surface area contributed by atoms with E-state index in [1.54, 1.807) is 23.3 Å². The van der Waals surface area contributed by atoms with Crippen molar-refractivity contribution in [2.75, 3.05) is 26.8 Å². The van der Waals surface area contributed by atoms with E-state index in [4.69, 9.17) is 4.74 Å². The highest BCUT2D eigenvalue weighted by Crippen LogP contribution is 2.17. The van der Waals surface area contributed by atoms with Crippen LogP contribution in [0.3, 0.4) is 0 Å². The average Bonchev–Trinajstić information content (AvgIpc) is 3.06. The Balaban J connectivity index is 1.80. The molecule has 2 unspecified atom stereocenters. The molecule has 0 aromatic carbocycles. The summed E-state index contributed by atoms with van der Waals surface area (Å²) in [5, 5.41) is 7.85. The number of hydrogen-bond donors (Lipinski definition) is 2. The number of rotatable bonds is 6. The first-order chi connectivity index (χ1) is 11.1. The zero-order valence-electron chi connectivity index (χ0n) is 13.7. The second-order valence-electron chi connectivity index (χ2n) is 5.89. The van der Waals surface area contributed by atoms with Crippen molar-refractivity contribution in [3.63, 3.8) is 0 Å². The van der Waals surface area contributed by atoms with E-state index >= 15 is 0 Å². The van der Waals surface area contributed by atoms with Gasteiger partial charge < -0.3 is 20.3 Å². The number of methoxy groups -OCH3 is 1. The van der Waals surface area contributed by atoms with E-state index < -0.39 is 0 Å². The molecule has 1 aliphatic rings. The van der Waals surface area contributed by atoms with Crippen LogP contribution < -0.4 is 10.6 Å². The van der Waals surface area contributed by atoms with Crippen molar-refractivity contribution in [3.8, 4) is 0 Å². The minimum atomic E-state index is -0.143. The van der Waals surface area contributed by atoms with Gasteiger partial charge in [-0.1, -0.05) is 6.07 Å². The summed E-state index contributed by atoms with van der Waals surface area (Å²) in [5.41, 5.74) is 0. The maximum Gasteiger partial charge on any atom is 0.317 e. The van der Waals surface area contributed by atoms with E-state index in [9.17, 15) is 9.59 Å². The van der Waals surface area contributed by atoms with Crippen molar-refractivity contribution in [1.82, 2.24) is 15.5 Å². The summed E-state index contributed by atoms with van der Waals surface area (Å²) in [4.78, 5) is 27.4. The molecule has 0 bridgehead atoms. The van der Waals surface area contributed by atoms with Gasteiger partial charge in [-0.2, -0.15) is 0 Å². The number of urea groups is 1. The summed E-state index contributed by atoms with van der Waals surface area (Å²) < 4.78 is 5.03. The Hall–Kier alpha value is -1.60. The molecular formula is C16H25N3O3S. The van der Waals surface area contributed by atoms with Crippen LogP contribution in [0, 0.1) is 5.92 Å². The van der Waals surface area contributed by atoms with Crippen molar-refractivity contribution in [2.24, 2.45) is 5.92 Å². The highest BCUT2D eigenvalue weighted by atomic mass is 32.1. The molecule has 3 amide bonds. The second-order valence-corrected chi connectivity index (χ2v) is 6.92. The molecule has 7 heteroatoms. The molecule has 1 saturated heterocycles. The Morgan fingerprint density at radius 1 is 1.52 bits per heavy atom. The molecule has 1 aromatic rings. The van der Waals surface area contributed by atoms with Crippen LogP contribution in [0.4, 0.5) is 4.79 Å². The highest BCUT2D eigenvalue weighted by molar-refractivity contribution is 7.09. The number of carbonyl (C=O) groups excluding carboxylic acids is 2. The number of thiophene rings is 1. The minimum absolute atomic E-state index is 0.00491. The Bertz CT molecular complexity index is 507. The van der Waals surface area contributed by atoms with E-state index in [1.165, 1.54) is 0 Å². The number of nitrogens with one attached hydrogen (secondary N) is 2. The highest BCUT2D eigenvalue weighted by Gasteiger charge is 2.28. The summed E-state index contributed by atoms with van der Waals surface area (Å²) in [6, 6.07) is 3.85. The third kappa shape index (κ3) is 5.51. The second kappa shape index (κ2) is 8.88. The first kappa shape index (κ1) is 17.7. The van der Waals surface area contributed by atoms with Crippen LogP contribution in [0.1, 0.15) is 24.6 Å². The van der Waals surface area contributed by atoms with Gasteiger partial charge in [0.15, 0.2) is 0 Å². The normalized spacial score (nSPS) is 19.2. The van der Waals surface area contributed by atoms with Gasteiger partial charge >= 0.3 is 6.03 Å². The molecule has 128 valence electrons. The van der Waals surface area contributed by atoms with Crippen LogP contribution in [-0.4, -0.2) is 49.7 Å². The van der Waals surface area contributed by atoms with E-state index in [0.29, 0.717) is 26.2 Å². The van der Waals surface area contributed by atoms with Gasteiger partial charge in [-0.3, -0.25) is 4.79 Å². The van der Waals surface area contributed by atoms with Crippen LogP contribution in [0.15, 0.2) is 17.5 Å². The van der Waals surface area contributed by atoms with Gasteiger partial charge in [0.05, 0.1) is 19.1 Å². The molecule has 2 atom stereocenters. The molecule has 2 N–H and O–H groups in total. The first-order valence-electron chi connectivity index (χ1n) is 7.94. The molecule has 0 spiro atoms. The summed E-state index contributed by atoms with van der Waals surface area (Å²) in [6.45, 7) is 4.11. The lowest BCUT2D eigenvalue weighted by Crippen LogP contribution is -2.50. The lowest BCUT2D eigenvalue weighted by atomic mass is 9.97. The quantitative estimate of drug-likeness (QED) is 0.830. The number of ether oxygens (including phenoxy) is 1. The zero-order chi connectivity index (χ0) is 16.7. The fourth-order valence-corrected chi connectivity index (χ4v) is 3.36. The Labute approximate surface area is 141 Å². The molecule has 0 aliphatic carbocycles. The third-order valence-electron chi connectivity index (χ3n) is 3.88. The van der Waals surface area contributed by atoms with Crippen molar-refractivity contribution >= 4 is 23.3 Å². The standard InChI is InChI=1S/C16H25N3O3S/c1-12(11-22-2)18-15(20)13-5-3-7-19(10-13)16(21)17-9-14-6-4-8-23-14/h4,6,8,12-13H,3,5,7,9-11H2,1-2H3,(H,17,21)(H,18,20). The topological polar surface area (TPSA) is 70.7 Å². The summed E-state index contributed by atoms with van der Waals surface area (Å²) >= 11 is 1.62. The predicted molar refractivity (Wildman–Crippen MR) is 90.3 cm³/mol. The Kier molecular flexibility index (Phi) is 6.85. The van der Waals surface area contributed by atoms with E-state index in [2.05, 4.69) is 10.6 Å². The molecule has 2 rings (SSSR count). The summed E-state index contributed by atoms with van der Waals surface area (Å²) in [6.07, 6.45) is 1.67. The number of nitrogens with zero attached hydrogens (tertiary/aromatic N) is 1. The number of likely N-dealkylation sites (tertiary alicyclic amines) is 1. The van der Waals surface area contributed by atoms with Crippen molar-refractivity contribution in [2.45, 2.75) is 32.4 Å².